The minimum Gasteiger partial charge on any atom is -0.469 e. The molecule has 120 valence electrons. The molecular weight excluding hydrogens is 280 g/mol. The Bertz CT molecular complexity index is 536. The number of ether oxygens (including phenoxy) is 1. The number of aryl methyl sites for hydroxylation is 1. The Morgan fingerprint density at radius 3 is 2.59 bits per heavy atom. The maximum absolute atomic E-state index is 12.4. The monoisotopic (exact) mass is 304 g/mol. The zero-order valence-corrected chi connectivity index (χ0v) is 13.5. The van der Waals surface area contributed by atoms with Crippen LogP contribution in [0.4, 0.5) is 5.69 Å². The molecule has 1 aliphatic heterocycles. The van der Waals surface area contributed by atoms with Gasteiger partial charge in [-0.1, -0.05) is 12.1 Å². The molecular formula is C17H24N2O3. The van der Waals surface area contributed by atoms with Gasteiger partial charge < -0.3 is 10.1 Å². The van der Waals surface area contributed by atoms with E-state index in [-0.39, 0.29) is 23.8 Å². The molecule has 1 saturated heterocycles. The number of benzene rings is 1. The third-order valence-electron chi connectivity index (χ3n) is 4.28. The lowest BCUT2D eigenvalue weighted by Gasteiger charge is -2.34. The van der Waals surface area contributed by atoms with E-state index in [0.29, 0.717) is 0 Å². The lowest BCUT2D eigenvalue weighted by Crippen LogP contribution is -2.47. The van der Waals surface area contributed by atoms with E-state index in [9.17, 15) is 9.59 Å². The molecule has 0 aliphatic carbocycles. The Kier molecular flexibility index (Phi) is 5.55. The molecule has 0 bridgehead atoms. The smallest absolute Gasteiger partial charge is 0.308 e. The summed E-state index contributed by atoms with van der Waals surface area (Å²) in [7, 11) is 1.42. The van der Waals surface area contributed by atoms with Gasteiger partial charge in [-0.3, -0.25) is 14.5 Å². The van der Waals surface area contributed by atoms with Gasteiger partial charge >= 0.3 is 5.97 Å². The fourth-order valence-electron chi connectivity index (χ4n) is 2.82. The minimum atomic E-state index is -0.209. The van der Waals surface area contributed by atoms with Crippen molar-refractivity contribution in [2.45, 2.75) is 32.7 Å². The van der Waals surface area contributed by atoms with Gasteiger partial charge in [0.2, 0.25) is 5.91 Å². The summed E-state index contributed by atoms with van der Waals surface area (Å²) in [5.41, 5.74) is 1.94. The van der Waals surface area contributed by atoms with Crippen LogP contribution < -0.4 is 5.32 Å². The van der Waals surface area contributed by atoms with Crippen molar-refractivity contribution in [1.29, 1.82) is 0 Å². The Morgan fingerprint density at radius 2 is 2.00 bits per heavy atom. The molecule has 0 radical (unpaired) electrons. The average molecular weight is 304 g/mol. The summed E-state index contributed by atoms with van der Waals surface area (Å²) < 4.78 is 4.79. The van der Waals surface area contributed by atoms with E-state index in [4.69, 9.17) is 4.74 Å². The number of hydrogen-bond donors (Lipinski definition) is 1. The number of methoxy groups -OCH3 is 1. The molecule has 1 heterocycles. The van der Waals surface area contributed by atoms with Gasteiger partial charge in [-0.25, -0.2) is 0 Å². The standard InChI is InChI=1S/C17H24N2O3/c1-12-5-4-6-15(11-12)18-16(20)13(2)19-9-7-14(8-10-19)17(21)22-3/h4-6,11,13-14H,7-10H2,1-3H3,(H,18,20)/t13-/m0/s1. The fourth-order valence-corrected chi connectivity index (χ4v) is 2.82. The molecule has 0 unspecified atom stereocenters. The summed E-state index contributed by atoms with van der Waals surface area (Å²) >= 11 is 0. The van der Waals surface area contributed by atoms with Crippen molar-refractivity contribution in [3.05, 3.63) is 29.8 Å². The van der Waals surface area contributed by atoms with Crippen LogP contribution in [0.2, 0.25) is 0 Å². The fraction of sp³-hybridized carbons (Fsp3) is 0.529. The molecule has 1 amide bonds. The highest BCUT2D eigenvalue weighted by atomic mass is 16.5. The number of esters is 1. The van der Waals surface area contributed by atoms with Crippen LogP contribution in [-0.2, 0) is 14.3 Å². The largest absolute Gasteiger partial charge is 0.469 e. The third-order valence-corrected chi connectivity index (χ3v) is 4.28. The maximum Gasteiger partial charge on any atom is 0.308 e. The van der Waals surface area contributed by atoms with Crippen molar-refractivity contribution in [3.63, 3.8) is 0 Å². The van der Waals surface area contributed by atoms with E-state index in [1.54, 1.807) is 0 Å². The van der Waals surface area contributed by atoms with Crippen molar-refractivity contribution in [3.8, 4) is 0 Å². The number of anilines is 1. The molecule has 0 aromatic heterocycles. The molecule has 0 spiro atoms. The number of nitrogens with one attached hydrogen (secondary N) is 1. The Hall–Kier alpha value is -1.88. The summed E-state index contributed by atoms with van der Waals surface area (Å²) in [4.78, 5) is 26.0. The van der Waals surface area contributed by atoms with Gasteiger partial charge in [-0.15, -0.1) is 0 Å². The molecule has 1 aromatic rings. The maximum atomic E-state index is 12.4. The van der Waals surface area contributed by atoms with Crippen LogP contribution in [-0.4, -0.2) is 43.0 Å². The van der Waals surface area contributed by atoms with Crippen molar-refractivity contribution < 1.29 is 14.3 Å². The molecule has 0 saturated carbocycles. The van der Waals surface area contributed by atoms with Crippen LogP contribution in [0.3, 0.4) is 0 Å². The predicted octanol–water partition coefficient (Wildman–Crippen LogP) is 2.21. The van der Waals surface area contributed by atoms with E-state index in [2.05, 4.69) is 10.2 Å². The Labute approximate surface area is 131 Å². The van der Waals surface area contributed by atoms with E-state index in [0.717, 1.165) is 37.2 Å². The normalized spacial score (nSPS) is 17.8. The third kappa shape index (κ3) is 4.07. The first kappa shape index (κ1) is 16.5. The molecule has 5 nitrogen and oxygen atoms in total. The first-order valence-corrected chi connectivity index (χ1v) is 7.70. The first-order valence-electron chi connectivity index (χ1n) is 7.70. The number of piperidine rings is 1. The number of amides is 1. The topological polar surface area (TPSA) is 58.6 Å². The van der Waals surface area contributed by atoms with Crippen LogP contribution in [0, 0.1) is 12.8 Å². The van der Waals surface area contributed by atoms with Crippen LogP contribution in [0.25, 0.3) is 0 Å². The molecule has 1 fully saturated rings. The van der Waals surface area contributed by atoms with Gasteiger partial charge in [0.1, 0.15) is 0 Å². The van der Waals surface area contributed by atoms with Crippen LogP contribution in [0.15, 0.2) is 24.3 Å². The zero-order chi connectivity index (χ0) is 16.1. The van der Waals surface area contributed by atoms with Gasteiger partial charge in [0.05, 0.1) is 19.1 Å². The highest BCUT2D eigenvalue weighted by Crippen LogP contribution is 2.20. The van der Waals surface area contributed by atoms with E-state index in [1.807, 2.05) is 38.1 Å². The van der Waals surface area contributed by atoms with Crippen molar-refractivity contribution in [2.75, 3.05) is 25.5 Å². The average Bonchev–Trinajstić information content (AvgIpc) is 2.53. The molecule has 22 heavy (non-hydrogen) atoms. The van der Waals surface area contributed by atoms with Crippen LogP contribution in [0.5, 0.6) is 0 Å². The van der Waals surface area contributed by atoms with Gasteiger partial charge in [0.25, 0.3) is 0 Å². The molecule has 2 rings (SSSR count). The second-order valence-electron chi connectivity index (χ2n) is 5.87. The summed E-state index contributed by atoms with van der Waals surface area (Å²) in [6.45, 7) is 5.38. The highest BCUT2D eigenvalue weighted by Gasteiger charge is 2.30. The Balaban J connectivity index is 1.88. The summed E-state index contributed by atoms with van der Waals surface area (Å²) in [5, 5.41) is 2.95. The van der Waals surface area contributed by atoms with Crippen molar-refractivity contribution in [1.82, 2.24) is 4.90 Å². The van der Waals surface area contributed by atoms with E-state index >= 15 is 0 Å². The number of carbonyl (C=O) groups is 2. The summed E-state index contributed by atoms with van der Waals surface area (Å²) in [6.07, 6.45) is 1.49. The lowest BCUT2D eigenvalue weighted by molar-refractivity contribution is -0.147. The first-order chi connectivity index (χ1) is 10.5. The number of hydrogen-bond acceptors (Lipinski definition) is 4. The van der Waals surface area contributed by atoms with E-state index < -0.39 is 0 Å². The molecule has 1 aromatic carbocycles. The molecule has 5 heteroatoms. The molecule has 1 aliphatic rings. The number of likely N-dealkylation sites (tertiary alicyclic amines) is 1. The molecule has 1 N–H and O–H groups in total. The van der Waals surface area contributed by atoms with Gasteiger partial charge in [-0.05, 0) is 57.5 Å². The lowest BCUT2D eigenvalue weighted by atomic mass is 9.96. The van der Waals surface area contributed by atoms with Gasteiger partial charge in [-0.2, -0.15) is 0 Å². The second-order valence-corrected chi connectivity index (χ2v) is 5.87. The van der Waals surface area contributed by atoms with Gasteiger partial charge in [0, 0.05) is 5.69 Å². The van der Waals surface area contributed by atoms with Gasteiger partial charge in [0.15, 0.2) is 0 Å². The quantitative estimate of drug-likeness (QED) is 0.867. The number of nitrogens with zero attached hydrogens (tertiary/aromatic N) is 1. The van der Waals surface area contributed by atoms with Crippen molar-refractivity contribution in [2.24, 2.45) is 5.92 Å². The number of rotatable bonds is 4. The summed E-state index contributed by atoms with van der Waals surface area (Å²) in [5.74, 6) is -0.188. The second kappa shape index (κ2) is 7.40. The SMILES string of the molecule is COC(=O)C1CCN([C@@H](C)C(=O)Nc2cccc(C)c2)CC1. The van der Waals surface area contributed by atoms with Crippen LogP contribution >= 0.6 is 0 Å². The highest BCUT2D eigenvalue weighted by molar-refractivity contribution is 5.94. The predicted molar refractivity (Wildman–Crippen MR) is 85.6 cm³/mol. The number of carbonyl (C=O) groups excluding carboxylic acids is 2. The minimum absolute atomic E-state index is 0.0119. The zero-order valence-electron chi connectivity index (χ0n) is 13.5. The van der Waals surface area contributed by atoms with Crippen molar-refractivity contribution >= 4 is 17.6 Å². The van der Waals surface area contributed by atoms with E-state index in [1.165, 1.54) is 7.11 Å². The summed E-state index contributed by atoms with van der Waals surface area (Å²) in [6, 6.07) is 7.56. The van der Waals surface area contributed by atoms with Crippen LogP contribution in [0.1, 0.15) is 25.3 Å². The Morgan fingerprint density at radius 1 is 1.32 bits per heavy atom. The molecule has 1 atom stereocenters.